The lowest BCUT2D eigenvalue weighted by atomic mass is 10.0. The van der Waals surface area contributed by atoms with Crippen LogP contribution >= 0.6 is 0 Å². The summed E-state index contributed by atoms with van der Waals surface area (Å²) in [5, 5.41) is 3.14. The zero-order chi connectivity index (χ0) is 21.8. The molecular formula is C24H24N6O2. The van der Waals surface area contributed by atoms with E-state index in [9.17, 15) is 4.79 Å². The van der Waals surface area contributed by atoms with Gasteiger partial charge in [0.1, 0.15) is 5.65 Å². The van der Waals surface area contributed by atoms with E-state index in [2.05, 4.69) is 32.5 Å². The largest absolute Gasteiger partial charge is 0.379 e. The molecule has 1 fully saturated rings. The third-order valence-corrected chi connectivity index (χ3v) is 5.53. The number of imidazole rings is 1. The molecule has 5 rings (SSSR count). The molecule has 8 nitrogen and oxygen atoms in total. The van der Waals surface area contributed by atoms with Gasteiger partial charge in [-0.2, -0.15) is 0 Å². The standard InChI is InChI=1S/C24H24N6O2/c31-23(20-3-1-4-21(14-20)28-24-26-7-2-8-27-24)30-11-12-32-17-19(16-30)13-18-5-6-22-25-9-10-29(22)15-18/h1-10,14-15,19H,11-13,16-17H2,(H,26,27,28)/t19-/m1/s1. The van der Waals surface area contributed by atoms with Crippen molar-refractivity contribution in [2.75, 3.05) is 31.6 Å². The summed E-state index contributed by atoms with van der Waals surface area (Å²) < 4.78 is 7.85. The number of nitrogens with one attached hydrogen (secondary N) is 1. The Hall–Kier alpha value is -3.78. The molecule has 4 aromatic rings. The molecule has 0 radical (unpaired) electrons. The molecule has 0 aliphatic carbocycles. The second kappa shape index (κ2) is 9.15. The summed E-state index contributed by atoms with van der Waals surface area (Å²) >= 11 is 0. The topological polar surface area (TPSA) is 84.7 Å². The Morgan fingerprint density at radius 1 is 1.09 bits per heavy atom. The molecule has 0 saturated carbocycles. The minimum Gasteiger partial charge on any atom is -0.379 e. The van der Waals surface area contributed by atoms with Crippen molar-refractivity contribution < 1.29 is 9.53 Å². The number of hydrogen-bond donors (Lipinski definition) is 1. The molecule has 1 aromatic carbocycles. The molecule has 0 unspecified atom stereocenters. The van der Waals surface area contributed by atoms with Gasteiger partial charge in [0.05, 0.1) is 13.2 Å². The number of carbonyl (C=O) groups excluding carboxylic acids is 1. The quantitative estimate of drug-likeness (QED) is 0.526. The van der Waals surface area contributed by atoms with E-state index in [0.717, 1.165) is 17.8 Å². The number of aromatic nitrogens is 4. The molecule has 8 heteroatoms. The van der Waals surface area contributed by atoms with Crippen LogP contribution in [-0.2, 0) is 11.2 Å². The average Bonchev–Trinajstić information content (AvgIpc) is 3.17. The van der Waals surface area contributed by atoms with E-state index in [1.807, 2.05) is 45.8 Å². The normalized spacial score (nSPS) is 16.6. The average molecular weight is 428 g/mol. The first-order valence-electron chi connectivity index (χ1n) is 10.7. The third kappa shape index (κ3) is 4.60. The highest BCUT2D eigenvalue weighted by molar-refractivity contribution is 5.95. The van der Waals surface area contributed by atoms with Crippen molar-refractivity contribution in [1.82, 2.24) is 24.3 Å². The number of benzene rings is 1. The van der Waals surface area contributed by atoms with Crippen molar-refractivity contribution >= 4 is 23.2 Å². The number of carbonyl (C=O) groups is 1. The molecule has 1 aliphatic heterocycles. The summed E-state index contributed by atoms with van der Waals surface area (Å²) in [5.41, 5.74) is 3.54. The van der Waals surface area contributed by atoms with Gasteiger partial charge >= 0.3 is 0 Å². The fourth-order valence-corrected chi connectivity index (χ4v) is 4.01. The predicted octanol–water partition coefficient (Wildman–Crippen LogP) is 3.20. The van der Waals surface area contributed by atoms with Crippen LogP contribution in [0.15, 0.2) is 73.4 Å². The second-order valence-electron chi connectivity index (χ2n) is 7.90. The summed E-state index contributed by atoms with van der Waals surface area (Å²) in [7, 11) is 0. The van der Waals surface area contributed by atoms with Crippen molar-refractivity contribution in [3.05, 3.63) is 84.6 Å². The van der Waals surface area contributed by atoms with Crippen LogP contribution in [0.1, 0.15) is 15.9 Å². The summed E-state index contributed by atoms with van der Waals surface area (Å²) in [6, 6.07) is 13.3. The van der Waals surface area contributed by atoms with Crippen LogP contribution in [0.3, 0.4) is 0 Å². The van der Waals surface area contributed by atoms with Crippen LogP contribution in [0.2, 0.25) is 0 Å². The van der Waals surface area contributed by atoms with Gasteiger partial charge in [-0.15, -0.1) is 0 Å². The van der Waals surface area contributed by atoms with E-state index in [1.54, 1.807) is 24.7 Å². The summed E-state index contributed by atoms with van der Waals surface area (Å²) in [6.45, 7) is 2.41. The van der Waals surface area contributed by atoms with Crippen molar-refractivity contribution in [1.29, 1.82) is 0 Å². The Morgan fingerprint density at radius 3 is 2.91 bits per heavy atom. The maximum Gasteiger partial charge on any atom is 0.254 e. The number of hydrogen-bond acceptors (Lipinski definition) is 6. The minimum atomic E-state index is 0.00296. The number of pyridine rings is 1. The maximum absolute atomic E-state index is 13.3. The molecule has 4 heterocycles. The van der Waals surface area contributed by atoms with E-state index in [0.29, 0.717) is 37.8 Å². The van der Waals surface area contributed by atoms with E-state index < -0.39 is 0 Å². The lowest BCUT2D eigenvalue weighted by molar-refractivity contribution is 0.0737. The van der Waals surface area contributed by atoms with Crippen LogP contribution in [-0.4, -0.2) is 56.5 Å². The van der Waals surface area contributed by atoms with Crippen molar-refractivity contribution in [3.63, 3.8) is 0 Å². The summed E-state index contributed by atoms with van der Waals surface area (Å²) in [6.07, 6.45) is 10.0. The Kier molecular flexibility index (Phi) is 5.76. The highest BCUT2D eigenvalue weighted by atomic mass is 16.5. The molecule has 32 heavy (non-hydrogen) atoms. The molecule has 1 saturated heterocycles. The molecule has 3 aromatic heterocycles. The van der Waals surface area contributed by atoms with Gasteiger partial charge in [-0.3, -0.25) is 4.79 Å². The highest BCUT2D eigenvalue weighted by Crippen LogP contribution is 2.19. The Morgan fingerprint density at radius 2 is 2.00 bits per heavy atom. The molecule has 0 bridgehead atoms. The molecule has 1 atom stereocenters. The van der Waals surface area contributed by atoms with Gasteiger partial charge in [0, 0.05) is 61.2 Å². The molecule has 162 valence electrons. The molecule has 1 aliphatic rings. The Balaban J connectivity index is 1.29. The monoisotopic (exact) mass is 428 g/mol. The van der Waals surface area contributed by atoms with Crippen LogP contribution in [0, 0.1) is 5.92 Å². The number of amides is 1. The van der Waals surface area contributed by atoms with Gasteiger partial charge in [0.2, 0.25) is 5.95 Å². The first-order valence-corrected chi connectivity index (χ1v) is 10.7. The smallest absolute Gasteiger partial charge is 0.254 e. The molecule has 0 spiro atoms. The number of nitrogens with zero attached hydrogens (tertiary/aromatic N) is 5. The number of ether oxygens (including phenoxy) is 1. The van der Waals surface area contributed by atoms with Crippen molar-refractivity contribution in [3.8, 4) is 0 Å². The van der Waals surface area contributed by atoms with E-state index in [4.69, 9.17) is 4.74 Å². The van der Waals surface area contributed by atoms with E-state index >= 15 is 0 Å². The Labute approximate surface area is 185 Å². The van der Waals surface area contributed by atoms with Gasteiger partial charge in [-0.1, -0.05) is 12.1 Å². The summed E-state index contributed by atoms with van der Waals surface area (Å²) in [4.78, 5) is 27.8. The minimum absolute atomic E-state index is 0.00296. The summed E-state index contributed by atoms with van der Waals surface area (Å²) in [5.74, 6) is 0.722. The lowest BCUT2D eigenvalue weighted by Crippen LogP contribution is -2.36. The zero-order valence-electron chi connectivity index (χ0n) is 17.6. The van der Waals surface area contributed by atoms with Crippen LogP contribution in [0.5, 0.6) is 0 Å². The van der Waals surface area contributed by atoms with Crippen molar-refractivity contribution in [2.24, 2.45) is 5.92 Å². The van der Waals surface area contributed by atoms with E-state index in [1.165, 1.54) is 5.56 Å². The molecule has 1 amide bonds. The number of anilines is 2. The fraction of sp³-hybridized carbons (Fsp3) is 0.250. The van der Waals surface area contributed by atoms with E-state index in [-0.39, 0.29) is 11.8 Å². The third-order valence-electron chi connectivity index (χ3n) is 5.53. The van der Waals surface area contributed by atoms with Gasteiger partial charge in [0.25, 0.3) is 5.91 Å². The maximum atomic E-state index is 13.3. The second-order valence-corrected chi connectivity index (χ2v) is 7.90. The van der Waals surface area contributed by atoms with Crippen LogP contribution < -0.4 is 5.32 Å². The fourth-order valence-electron chi connectivity index (χ4n) is 4.01. The van der Waals surface area contributed by atoms with Gasteiger partial charge in [-0.25, -0.2) is 15.0 Å². The Bertz CT molecular complexity index is 1210. The van der Waals surface area contributed by atoms with Crippen LogP contribution in [0.4, 0.5) is 11.6 Å². The first kappa shape index (κ1) is 20.1. The van der Waals surface area contributed by atoms with Crippen LogP contribution in [0.25, 0.3) is 5.65 Å². The van der Waals surface area contributed by atoms with Gasteiger partial charge in [-0.05, 0) is 42.3 Å². The molecular weight excluding hydrogens is 404 g/mol. The van der Waals surface area contributed by atoms with Crippen molar-refractivity contribution in [2.45, 2.75) is 6.42 Å². The van der Waals surface area contributed by atoms with Gasteiger partial charge in [0.15, 0.2) is 0 Å². The lowest BCUT2D eigenvalue weighted by Gasteiger charge is -2.24. The predicted molar refractivity (Wildman–Crippen MR) is 121 cm³/mol. The number of rotatable bonds is 5. The van der Waals surface area contributed by atoms with Gasteiger partial charge < -0.3 is 19.4 Å². The SMILES string of the molecule is O=C(c1cccc(Nc2ncccn2)c1)N1CCOC[C@H](Cc2ccc3nccn3c2)C1. The highest BCUT2D eigenvalue weighted by Gasteiger charge is 2.24. The zero-order valence-corrected chi connectivity index (χ0v) is 17.6. The number of fused-ring (bicyclic) bond motifs is 1. The molecule has 1 N–H and O–H groups in total. The first-order chi connectivity index (χ1) is 15.7.